The van der Waals surface area contributed by atoms with Gasteiger partial charge in [-0.05, 0) is 68.0 Å². The molecule has 0 spiro atoms. The molecule has 4 heteroatoms. The van der Waals surface area contributed by atoms with Crippen LogP contribution in [0, 0.1) is 11.8 Å². The number of carbonyl (C=O) groups excluding carboxylic acids is 1. The first-order valence-corrected chi connectivity index (χ1v) is 9.64. The standard InChI is InChI=1S/C23H27NO3/c1-27-22-14-20-18(13-21(22)25)12-19(23(20)26)11-16-7-9-24(10-8-16)15-17-5-3-2-4-6-17/h2-6,13-14,16,19,25H,7-12,15H2,1H3/i1D3. The van der Waals surface area contributed by atoms with Crippen molar-refractivity contribution in [2.24, 2.45) is 11.8 Å². The summed E-state index contributed by atoms with van der Waals surface area (Å²) >= 11 is 0. The van der Waals surface area contributed by atoms with E-state index in [9.17, 15) is 9.90 Å². The van der Waals surface area contributed by atoms with E-state index >= 15 is 0 Å². The van der Waals surface area contributed by atoms with Crippen molar-refractivity contribution in [1.82, 2.24) is 4.90 Å². The Labute approximate surface area is 165 Å². The number of likely N-dealkylation sites (tertiary alicyclic amines) is 1. The quantitative estimate of drug-likeness (QED) is 0.865. The first-order chi connectivity index (χ1) is 14.3. The number of phenols is 1. The number of hydrogen-bond donors (Lipinski definition) is 1. The zero-order valence-electron chi connectivity index (χ0n) is 18.4. The number of benzene rings is 2. The molecule has 2 aromatic carbocycles. The van der Waals surface area contributed by atoms with Gasteiger partial charge >= 0.3 is 0 Å². The number of nitrogens with zero attached hydrogens (tertiary/aromatic N) is 1. The molecule has 1 heterocycles. The van der Waals surface area contributed by atoms with Gasteiger partial charge in [0.25, 0.3) is 0 Å². The SMILES string of the molecule is [2H]C([2H])([2H])Oc1cc2c(cc1O)CC(CC1CCN(Cc3ccccc3)CC1)C2=O. The number of piperidine rings is 1. The Morgan fingerprint density at radius 1 is 1.22 bits per heavy atom. The molecule has 2 aromatic rings. The molecule has 2 aliphatic rings. The maximum Gasteiger partial charge on any atom is 0.166 e. The third kappa shape index (κ3) is 3.86. The average molecular weight is 368 g/mol. The summed E-state index contributed by atoms with van der Waals surface area (Å²) < 4.78 is 26.5. The predicted molar refractivity (Wildman–Crippen MR) is 105 cm³/mol. The Morgan fingerprint density at radius 3 is 2.74 bits per heavy atom. The van der Waals surface area contributed by atoms with E-state index in [0.717, 1.165) is 44.5 Å². The van der Waals surface area contributed by atoms with E-state index in [1.165, 1.54) is 17.7 Å². The summed E-state index contributed by atoms with van der Waals surface area (Å²) in [7, 11) is -2.67. The summed E-state index contributed by atoms with van der Waals surface area (Å²) in [6.45, 7) is 3.03. The van der Waals surface area contributed by atoms with Crippen LogP contribution in [0.15, 0.2) is 42.5 Å². The second-order valence-corrected chi connectivity index (χ2v) is 7.79. The lowest BCUT2D eigenvalue weighted by atomic mass is 9.85. The molecular formula is C23H27NO3. The Balaban J connectivity index is 1.34. The van der Waals surface area contributed by atoms with Crippen molar-refractivity contribution in [3.05, 3.63) is 59.2 Å². The molecule has 4 rings (SSSR count). The first kappa shape index (κ1) is 14.7. The number of ether oxygens (including phenoxy) is 1. The summed E-state index contributed by atoms with van der Waals surface area (Å²) in [5.41, 5.74) is 2.59. The maximum atomic E-state index is 12.9. The fourth-order valence-corrected chi connectivity index (χ4v) is 4.48. The highest BCUT2D eigenvalue weighted by atomic mass is 16.5. The number of methoxy groups -OCH3 is 1. The smallest absolute Gasteiger partial charge is 0.166 e. The molecule has 1 N–H and O–H groups in total. The lowest BCUT2D eigenvalue weighted by Gasteiger charge is -2.32. The monoisotopic (exact) mass is 368 g/mol. The fourth-order valence-electron chi connectivity index (χ4n) is 4.48. The van der Waals surface area contributed by atoms with Crippen LogP contribution in [0.1, 0.15) is 44.9 Å². The van der Waals surface area contributed by atoms with Gasteiger partial charge in [-0.1, -0.05) is 30.3 Å². The summed E-state index contributed by atoms with van der Waals surface area (Å²) in [6.07, 6.45) is 3.58. The van der Waals surface area contributed by atoms with Crippen LogP contribution in [-0.2, 0) is 13.0 Å². The molecule has 4 nitrogen and oxygen atoms in total. The van der Waals surface area contributed by atoms with E-state index in [1.54, 1.807) is 0 Å². The van der Waals surface area contributed by atoms with Crippen molar-refractivity contribution in [2.75, 3.05) is 20.1 Å². The second kappa shape index (κ2) is 7.73. The Bertz CT molecular complexity index is 906. The number of rotatable bonds is 5. The van der Waals surface area contributed by atoms with Crippen LogP contribution in [0.2, 0.25) is 0 Å². The molecule has 0 bridgehead atoms. The van der Waals surface area contributed by atoms with Crippen LogP contribution in [0.3, 0.4) is 0 Å². The van der Waals surface area contributed by atoms with Crippen LogP contribution >= 0.6 is 0 Å². The lowest BCUT2D eigenvalue weighted by Crippen LogP contribution is -2.34. The van der Waals surface area contributed by atoms with Crippen molar-refractivity contribution in [3.63, 3.8) is 0 Å². The van der Waals surface area contributed by atoms with Crippen LogP contribution in [0.25, 0.3) is 0 Å². The molecule has 0 amide bonds. The van der Waals surface area contributed by atoms with Gasteiger partial charge in [-0.2, -0.15) is 0 Å². The first-order valence-electron chi connectivity index (χ1n) is 11.1. The summed E-state index contributed by atoms with van der Waals surface area (Å²) in [6, 6.07) is 13.3. The lowest BCUT2D eigenvalue weighted by molar-refractivity contribution is 0.0895. The molecule has 1 saturated heterocycles. The zero-order valence-corrected chi connectivity index (χ0v) is 15.4. The van der Waals surface area contributed by atoms with Crippen LogP contribution < -0.4 is 4.74 Å². The number of fused-ring (bicyclic) bond motifs is 1. The third-order valence-electron chi connectivity index (χ3n) is 5.97. The molecule has 1 atom stereocenters. The van der Waals surface area contributed by atoms with Crippen molar-refractivity contribution in [1.29, 1.82) is 0 Å². The fraction of sp³-hybridized carbons (Fsp3) is 0.435. The number of carbonyl (C=O) groups is 1. The largest absolute Gasteiger partial charge is 0.504 e. The van der Waals surface area contributed by atoms with Gasteiger partial charge in [-0.3, -0.25) is 9.69 Å². The van der Waals surface area contributed by atoms with E-state index < -0.39 is 7.04 Å². The number of ketones is 1. The van der Waals surface area contributed by atoms with Crippen molar-refractivity contribution < 1.29 is 18.8 Å². The van der Waals surface area contributed by atoms with Gasteiger partial charge in [0, 0.05) is 18.0 Å². The van der Waals surface area contributed by atoms with E-state index in [1.807, 2.05) is 6.07 Å². The molecular weight excluding hydrogens is 338 g/mol. The van der Waals surface area contributed by atoms with E-state index in [4.69, 9.17) is 8.85 Å². The molecule has 0 saturated carbocycles. The van der Waals surface area contributed by atoms with Crippen molar-refractivity contribution in [2.45, 2.75) is 32.2 Å². The zero-order chi connectivity index (χ0) is 21.3. The predicted octanol–water partition coefficient (Wildman–Crippen LogP) is 4.06. The molecule has 1 aliphatic heterocycles. The molecule has 0 aromatic heterocycles. The van der Waals surface area contributed by atoms with Gasteiger partial charge in [0.05, 0.1) is 11.2 Å². The van der Waals surface area contributed by atoms with Gasteiger partial charge < -0.3 is 9.84 Å². The van der Waals surface area contributed by atoms with Gasteiger partial charge in [0.2, 0.25) is 0 Å². The third-order valence-corrected chi connectivity index (χ3v) is 5.97. The Morgan fingerprint density at radius 2 is 2.00 bits per heavy atom. The molecule has 142 valence electrons. The highest BCUT2D eigenvalue weighted by Crippen LogP contribution is 2.39. The van der Waals surface area contributed by atoms with Gasteiger partial charge in [-0.15, -0.1) is 0 Å². The van der Waals surface area contributed by atoms with E-state index in [0.29, 0.717) is 17.9 Å². The number of aromatic hydroxyl groups is 1. The highest BCUT2D eigenvalue weighted by Gasteiger charge is 2.34. The average Bonchev–Trinajstić information content (AvgIpc) is 2.98. The number of phenolic OH excluding ortho intramolecular Hbond substituents is 1. The van der Waals surface area contributed by atoms with Crippen LogP contribution in [0.5, 0.6) is 11.5 Å². The second-order valence-electron chi connectivity index (χ2n) is 7.79. The minimum Gasteiger partial charge on any atom is -0.504 e. The highest BCUT2D eigenvalue weighted by molar-refractivity contribution is 6.02. The molecule has 1 aliphatic carbocycles. The molecule has 1 fully saturated rings. The summed E-state index contributed by atoms with van der Waals surface area (Å²) in [5.74, 6) is 0.0525. The van der Waals surface area contributed by atoms with Gasteiger partial charge in [-0.25, -0.2) is 0 Å². The molecule has 27 heavy (non-hydrogen) atoms. The minimum absolute atomic E-state index is 0.0344. The van der Waals surface area contributed by atoms with E-state index in [2.05, 4.69) is 29.2 Å². The van der Waals surface area contributed by atoms with Crippen molar-refractivity contribution in [3.8, 4) is 11.5 Å². The summed E-state index contributed by atoms with van der Waals surface area (Å²) in [5, 5.41) is 10.1. The van der Waals surface area contributed by atoms with Crippen LogP contribution in [0.4, 0.5) is 0 Å². The Kier molecular flexibility index (Phi) is 4.21. The molecule has 1 unspecified atom stereocenters. The molecule has 0 radical (unpaired) electrons. The van der Waals surface area contributed by atoms with Gasteiger partial charge in [0.1, 0.15) is 0 Å². The van der Waals surface area contributed by atoms with Crippen LogP contribution in [-0.4, -0.2) is 35.9 Å². The van der Waals surface area contributed by atoms with Crippen molar-refractivity contribution >= 4 is 5.78 Å². The normalized spacial score (nSPS) is 22.7. The van der Waals surface area contributed by atoms with E-state index in [-0.39, 0.29) is 23.2 Å². The maximum absolute atomic E-state index is 12.9. The minimum atomic E-state index is -2.67. The summed E-state index contributed by atoms with van der Waals surface area (Å²) in [4.78, 5) is 15.4. The Hall–Kier alpha value is -2.33. The van der Waals surface area contributed by atoms with Gasteiger partial charge in [0.15, 0.2) is 17.3 Å². The number of Topliss-reactive ketones (excluding diaryl/α,β-unsaturated/α-hetero) is 1. The topological polar surface area (TPSA) is 49.8 Å². The number of hydrogen-bond acceptors (Lipinski definition) is 4.